The molecule has 1 aromatic rings. The van der Waals surface area contributed by atoms with E-state index in [-0.39, 0.29) is 6.61 Å². The molecule has 0 saturated heterocycles. The number of nitrogens with one attached hydrogen (secondary N) is 1. The van der Waals surface area contributed by atoms with Gasteiger partial charge >= 0.3 is 5.97 Å². The molecule has 2 rings (SSSR count). The minimum atomic E-state index is -1.11. The molecule has 1 aliphatic rings. The van der Waals surface area contributed by atoms with Gasteiger partial charge in [0.25, 0.3) is 0 Å². The highest BCUT2D eigenvalue weighted by Gasteiger charge is 2.30. The molecule has 0 heterocycles. The van der Waals surface area contributed by atoms with Crippen LogP contribution in [0.25, 0.3) is 0 Å². The third kappa shape index (κ3) is 3.36. The quantitative estimate of drug-likeness (QED) is 0.581. The molecule has 1 aliphatic carbocycles. The smallest absolute Gasteiger partial charge is 0.331 e. The highest BCUT2D eigenvalue weighted by Crippen LogP contribution is 2.40. The maximum absolute atomic E-state index is 11.8. The van der Waals surface area contributed by atoms with Gasteiger partial charge in [0.05, 0.1) is 6.61 Å². The van der Waals surface area contributed by atoms with Crippen LogP contribution in [0.5, 0.6) is 0 Å². The maximum Gasteiger partial charge on any atom is 0.331 e. The van der Waals surface area contributed by atoms with Crippen LogP contribution in [-0.4, -0.2) is 30.1 Å². The van der Waals surface area contributed by atoms with Crippen molar-refractivity contribution in [3.05, 3.63) is 35.4 Å². The molecule has 5 nitrogen and oxygen atoms in total. The number of hydrogen-bond donors (Lipinski definition) is 2. The summed E-state index contributed by atoms with van der Waals surface area (Å²) in [5.41, 5.74) is 1.78. The maximum atomic E-state index is 11.8. The van der Waals surface area contributed by atoms with Gasteiger partial charge in [-0.3, -0.25) is 4.79 Å². The number of hydrogen-bond acceptors (Lipinski definition) is 4. The fourth-order valence-corrected chi connectivity index (χ4v) is 2.20. The van der Waals surface area contributed by atoms with Crippen molar-refractivity contribution in [1.82, 2.24) is 5.32 Å². The summed E-state index contributed by atoms with van der Waals surface area (Å²) in [5.74, 6) is -0.0776. The van der Waals surface area contributed by atoms with Gasteiger partial charge < -0.3 is 15.2 Å². The Morgan fingerprint density at radius 3 is 2.90 bits per heavy atom. The second-order valence-corrected chi connectivity index (χ2v) is 4.90. The van der Waals surface area contributed by atoms with E-state index in [4.69, 9.17) is 4.74 Å². The van der Waals surface area contributed by atoms with Crippen molar-refractivity contribution in [2.75, 3.05) is 6.61 Å². The minimum Gasteiger partial charge on any atom is -0.464 e. The Bertz CT molecular complexity index is 485. The van der Waals surface area contributed by atoms with E-state index in [1.165, 1.54) is 0 Å². The first-order chi connectivity index (χ1) is 9.67. The number of aliphatic hydroxyl groups is 1. The largest absolute Gasteiger partial charge is 0.464 e. The Kier molecular flexibility index (Phi) is 4.74. The number of benzene rings is 1. The third-order valence-corrected chi connectivity index (χ3v) is 3.40. The predicted molar refractivity (Wildman–Crippen MR) is 73.0 cm³/mol. The van der Waals surface area contributed by atoms with Crippen molar-refractivity contribution in [2.24, 2.45) is 0 Å². The first-order valence-corrected chi connectivity index (χ1v) is 6.81. The van der Waals surface area contributed by atoms with Crippen LogP contribution in [0.2, 0.25) is 0 Å². The number of carbonyl (C=O) groups excluding carboxylic acids is 2. The molecule has 0 bridgehead atoms. The summed E-state index contributed by atoms with van der Waals surface area (Å²) in [6, 6.07) is 6.42. The molecule has 1 saturated carbocycles. The molecule has 0 spiro atoms. The third-order valence-electron chi connectivity index (χ3n) is 3.40. The fraction of sp³-hybridized carbons (Fsp3) is 0.467. The first kappa shape index (κ1) is 14.5. The van der Waals surface area contributed by atoms with Crippen LogP contribution in [0.4, 0.5) is 0 Å². The van der Waals surface area contributed by atoms with E-state index < -0.39 is 18.1 Å². The summed E-state index contributed by atoms with van der Waals surface area (Å²) in [6.07, 6.45) is 1.61. The van der Waals surface area contributed by atoms with E-state index in [9.17, 15) is 14.7 Å². The number of ether oxygens (including phenoxy) is 1. The molecule has 0 aromatic heterocycles. The Balaban J connectivity index is 2.17. The number of rotatable bonds is 7. The Morgan fingerprint density at radius 2 is 2.30 bits per heavy atom. The van der Waals surface area contributed by atoms with Gasteiger partial charge in [-0.05, 0) is 36.8 Å². The molecular formula is C15H19NO4. The molecule has 108 valence electrons. The van der Waals surface area contributed by atoms with Crippen molar-refractivity contribution in [3.8, 4) is 0 Å². The lowest BCUT2D eigenvalue weighted by molar-refractivity contribution is -0.149. The summed E-state index contributed by atoms with van der Waals surface area (Å²) in [5, 5.41) is 12.6. The number of amides is 1. The average molecular weight is 277 g/mol. The van der Waals surface area contributed by atoms with E-state index in [1.54, 1.807) is 13.0 Å². The molecule has 1 fully saturated rings. The molecule has 20 heavy (non-hydrogen) atoms. The number of esters is 1. The molecule has 1 amide bonds. The molecule has 2 N–H and O–H groups in total. The zero-order chi connectivity index (χ0) is 14.5. The topological polar surface area (TPSA) is 75.6 Å². The second-order valence-electron chi connectivity index (χ2n) is 4.90. The van der Waals surface area contributed by atoms with Crippen LogP contribution in [0.15, 0.2) is 24.3 Å². The highest BCUT2D eigenvalue weighted by molar-refractivity contribution is 5.79. The molecule has 0 aliphatic heterocycles. The SMILES string of the molecule is CCOC(=O)C(NC=O)C(O)c1cccc(C2CC2)c1. The van der Waals surface area contributed by atoms with E-state index in [1.807, 2.05) is 18.2 Å². The van der Waals surface area contributed by atoms with Crippen LogP contribution in [-0.2, 0) is 14.3 Å². The summed E-state index contributed by atoms with van der Waals surface area (Å²) < 4.78 is 4.87. The van der Waals surface area contributed by atoms with E-state index in [2.05, 4.69) is 5.32 Å². The van der Waals surface area contributed by atoms with Crippen molar-refractivity contribution < 1.29 is 19.4 Å². The molecule has 0 radical (unpaired) electrons. The lowest BCUT2D eigenvalue weighted by Crippen LogP contribution is -2.42. The Morgan fingerprint density at radius 1 is 1.55 bits per heavy atom. The second kappa shape index (κ2) is 6.52. The zero-order valence-electron chi connectivity index (χ0n) is 11.4. The van der Waals surface area contributed by atoms with Gasteiger partial charge in [0.1, 0.15) is 6.10 Å². The summed E-state index contributed by atoms with van der Waals surface area (Å²) in [6.45, 7) is 1.88. The average Bonchev–Trinajstić information content (AvgIpc) is 3.29. The molecule has 2 atom stereocenters. The fourth-order valence-electron chi connectivity index (χ4n) is 2.20. The van der Waals surface area contributed by atoms with Crippen LogP contribution in [0, 0.1) is 0 Å². The normalized spacial score (nSPS) is 17.1. The highest BCUT2D eigenvalue weighted by atomic mass is 16.5. The molecule has 5 heteroatoms. The van der Waals surface area contributed by atoms with Crippen LogP contribution in [0.1, 0.15) is 42.9 Å². The van der Waals surface area contributed by atoms with E-state index in [0.29, 0.717) is 17.9 Å². The van der Waals surface area contributed by atoms with Crippen LogP contribution < -0.4 is 5.32 Å². The first-order valence-electron chi connectivity index (χ1n) is 6.81. The van der Waals surface area contributed by atoms with E-state index in [0.717, 1.165) is 18.4 Å². The van der Waals surface area contributed by atoms with E-state index >= 15 is 0 Å². The zero-order valence-corrected chi connectivity index (χ0v) is 11.4. The monoisotopic (exact) mass is 277 g/mol. The molecule has 2 unspecified atom stereocenters. The summed E-state index contributed by atoms with van der Waals surface area (Å²) in [7, 11) is 0. The van der Waals surface area contributed by atoms with Gasteiger partial charge in [-0.15, -0.1) is 0 Å². The Hall–Kier alpha value is -1.88. The van der Waals surface area contributed by atoms with Gasteiger partial charge in [-0.1, -0.05) is 24.3 Å². The predicted octanol–water partition coefficient (Wildman–Crippen LogP) is 1.28. The van der Waals surface area contributed by atoms with Crippen molar-refractivity contribution in [2.45, 2.75) is 37.8 Å². The van der Waals surface area contributed by atoms with Gasteiger partial charge in [0, 0.05) is 0 Å². The van der Waals surface area contributed by atoms with Crippen molar-refractivity contribution in [3.63, 3.8) is 0 Å². The van der Waals surface area contributed by atoms with Crippen LogP contribution in [0.3, 0.4) is 0 Å². The van der Waals surface area contributed by atoms with Gasteiger partial charge in [-0.2, -0.15) is 0 Å². The number of aliphatic hydroxyl groups excluding tert-OH is 1. The number of carbonyl (C=O) groups is 2. The standard InChI is InChI=1S/C15H19NO4/c1-2-20-15(19)13(16-9-17)14(18)12-5-3-4-11(8-12)10-6-7-10/h3-5,8-10,13-14,18H,2,6-7H2,1H3,(H,16,17). The lowest BCUT2D eigenvalue weighted by Gasteiger charge is -2.21. The van der Waals surface area contributed by atoms with Crippen molar-refractivity contribution in [1.29, 1.82) is 0 Å². The minimum absolute atomic E-state index is 0.199. The van der Waals surface area contributed by atoms with Gasteiger partial charge in [0.15, 0.2) is 6.04 Å². The van der Waals surface area contributed by atoms with Crippen molar-refractivity contribution >= 4 is 12.4 Å². The van der Waals surface area contributed by atoms with Gasteiger partial charge in [0.2, 0.25) is 6.41 Å². The summed E-state index contributed by atoms with van der Waals surface area (Å²) in [4.78, 5) is 22.4. The molecule has 1 aromatic carbocycles. The van der Waals surface area contributed by atoms with Gasteiger partial charge in [-0.25, -0.2) is 4.79 Å². The lowest BCUT2D eigenvalue weighted by atomic mass is 9.99. The summed E-state index contributed by atoms with van der Waals surface area (Å²) >= 11 is 0. The molecular weight excluding hydrogens is 258 g/mol. The van der Waals surface area contributed by atoms with Crippen LogP contribution >= 0.6 is 0 Å². The Labute approximate surface area is 117 Å².